The summed E-state index contributed by atoms with van der Waals surface area (Å²) in [4.78, 5) is 25.6. The van der Waals surface area contributed by atoms with Gasteiger partial charge in [0.2, 0.25) is 6.41 Å². The SMILES string of the molecule is CCOC(=O)c1cnc2c(c1NC1CCCCC1)CN(C)N2CC.NC=O. The number of primary amides is 1. The van der Waals surface area contributed by atoms with Gasteiger partial charge in [0.1, 0.15) is 11.4 Å². The molecule has 27 heavy (non-hydrogen) atoms. The topological polar surface area (TPSA) is 101 Å². The Balaban J connectivity index is 0.000000817. The van der Waals surface area contributed by atoms with E-state index >= 15 is 0 Å². The van der Waals surface area contributed by atoms with E-state index in [0.29, 0.717) is 18.2 Å². The van der Waals surface area contributed by atoms with Crippen LogP contribution in [0.3, 0.4) is 0 Å². The van der Waals surface area contributed by atoms with Crippen molar-refractivity contribution in [2.24, 2.45) is 5.73 Å². The number of carbonyl (C=O) groups is 2. The second-order valence-electron chi connectivity index (χ2n) is 6.72. The predicted molar refractivity (Wildman–Crippen MR) is 105 cm³/mol. The number of nitrogens with one attached hydrogen (secondary N) is 1. The molecule has 2 heterocycles. The number of hydrazine groups is 1. The lowest BCUT2D eigenvalue weighted by atomic mass is 9.94. The molecule has 0 aromatic carbocycles. The van der Waals surface area contributed by atoms with Crippen molar-refractivity contribution in [3.63, 3.8) is 0 Å². The Bertz CT molecular complexity index is 646. The number of fused-ring (bicyclic) bond motifs is 1. The van der Waals surface area contributed by atoms with E-state index in [2.05, 4.69) is 40.0 Å². The minimum atomic E-state index is -0.288. The minimum Gasteiger partial charge on any atom is -0.462 e. The number of aromatic nitrogens is 1. The quantitative estimate of drug-likeness (QED) is 0.600. The predicted octanol–water partition coefficient (Wildman–Crippen LogP) is 2.29. The zero-order valence-electron chi connectivity index (χ0n) is 16.5. The van der Waals surface area contributed by atoms with Crippen LogP contribution in [0.25, 0.3) is 0 Å². The molecule has 2 aliphatic rings. The summed E-state index contributed by atoms with van der Waals surface area (Å²) in [6, 6.07) is 0.430. The number of carbonyl (C=O) groups excluding carboxylic acids is 2. The standard InChI is InChI=1S/C18H28N4O2.CH3NO/c1-4-22-17-15(12-21(22)3)16(20-13-9-7-6-8-10-13)14(11-19-17)18(23)24-5-2;2-1-3/h11,13H,4-10,12H2,1-3H3,(H,19,20);1H,(H2,2,3). The molecular weight excluding hydrogens is 346 g/mol. The highest BCUT2D eigenvalue weighted by atomic mass is 16.5. The molecule has 3 N–H and O–H groups in total. The molecule has 3 rings (SSSR count). The van der Waals surface area contributed by atoms with Crippen LogP contribution in [0.4, 0.5) is 11.5 Å². The van der Waals surface area contributed by atoms with Crippen molar-refractivity contribution in [1.29, 1.82) is 0 Å². The molecule has 8 heteroatoms. The number of ether oxygens (including phenoxy) is 1. The van der Waals surface area contributed by atoms with E-state index in [1.165, 1.54) is 19.3 Å². The first-order chi connectivity index (χ1) is 13.1. The average Bonchev–Trinajstić information content (AvgIpc) is 2.99. The molecule has 0 bridgehead atoms. The van der Waals surface area contributed by atoms with Gasteiger partial charge in [-0.05, 0) is 26.7 Å². The van der Waals surface area contributed by atoms with E-state index < -0.39 is 0 Å². The lowest BCUT2D eigenvalue weighted by Crippen LogP contribution is -2.34. The Morgan fingerprint density at radius 2 is 2.04 bits per heavy atom. The Morgan fingerprint density at radius 1 is 1.37 bits per heavy atom. The van der Waals surface area contributed by atoms with Crippen LogP contribution in [-0.4, -0.2) is 48.6 Å². The number of hydrogen-bond donors (Lipinski definition) is 2. The molecule has 0 saturated heterocycles. The van der Waals surface area contributed by atoms with Crippen LogP contribution in [0.2, 0.25) is 0 Å². The molecule has 1 amide bonds. The summed E-state index contributed by atoms with van der Waals surface area (Å²) in [6.07, 6.45) is 8.05. The van der Waals surface area contributed by atoms with Crippen molar-refractivity contribution in [3.05, 3.63) is 17.3 Å². The Labute approximate surface area is 161 Å². The lowest BCUT2D eigenvalue weighted by molar-refractivity contribution is -0.106. The van der Waals surface area contributed by atoms with Crippen molar-refractivity contribution >= 4 is 23.9 Å². The van der Waals surface area contributed by atoms with E-state index in [9.17, 15) is 4.79 Å². The fraction of sp³-hybridized carbons (Fsp3) is 0.632. The summed E-state index contributed by atoms with van der Waals surface area (Å²) in [6.45, 7) is 5.94. The number of rotatable bonds is 5. The molecule has 1 aliphatic heterocycles. The molecule has 1 aromatic rings. The summed E-state index contributed by atoms with van der Waals surface area (Å²) in [7, 11) is 2.06. The first-order valence-electron chi connectivity index (χ1n) is 9.66. The maximum absolute atomic E-state index is 12.4. The van der Waals surface area contributed by atoms with Gasteiger partial charge in [0.15, 0.2) is 0 Å². The number of amides is 1. The molecule has 150 valence electrons. The number of anilines is 2. The fourth-order valence-corrected chi connectivity index (χ4v) is 3.76. The van der Waals surface area contributed by atoms with E-state index in [-0.39, 0.29) is 12.4 Å². The van der Waals surface area contributed by atoms with Crippen LogP contribution < -0.4 is 16.1 Å². The summed E-state index contributed by atoms with van der Waals surface area (Å²) < 4.78 is 5.25. The smallest absolute Gasteiger partial charge is 0.341 e. The normalized spacial score (nSPS) is 16.9. The monoisotopic (exact) mass is 377 g/mol. The highest BCUT2D eigenvalue weighted by Gasteiger charge is 2.31. The Hall–Kier alpha value is -2.35. The van der Waals surface area contributed by atoms with Gasteiger partial charge in [-0.2, -0.15) is 0 Å². The van der Waals surface area contributed by atoms with Crippen molar-refractivity contribution in [2.45, 2.75) is 58.5 Å². The van der Waals surface area contributed by atoms with Gasteiger partial charge >= 0.3 is 5.97 Å². The summed E-state index contributed by atoms with van der Waals surface area (Å²) >= 11 is 0. The molecule has 0 radical (unpaired) electrons. The van der Waals surface area contributed by atoms with E-state index in [1.807, 2.05) is 6.92 Å². The average molecular weight is 377 g/mol. The molecule has 0 spiro atoms. The lowest BCUT2D eigenvalue weighted by Gasteiger charge is -2.26. The second-order valence-corrected chi connectivity index (χ2v) is 6.72. The van der Waals surface area contributed by atoms with Gasteiger partial charge in [-0.3, -0.25) is 9.80 Å². The number of nitrogens with zero attached hydrogens (tertiary/aromatic N) is 3. The highest BCUT2D eigenvalue weighted by molar-refractivity contribution is 5.97. The third-order valence-corrected chi connectivity index (χ3v) is 4.95. The summed E-state index contributed by atoms with van der Waals surface area (Å²) in [5.41, 5.74) is 6.76. The maximum atomic E-state index is 12.4. The molecule has 0 unspecified atom stereocenters. The zero-order chi connectivity index (χ0) is 19.8. The van der Waals surface area contributed by atoms with Gasteiger partial charge in [-0.25, -0.2) is 14.8 Å². The first-order valence-corrected chi connectivity index (χ1v) is 9.66. The number of nitrogens with two attached hydrogens (primary N) is 1. The molecular formula is C19H31N5O3. The third kappa shape index (κ3) is 4.88. The van der Waals surface area contributed by atoms with Gasteiger partial charge < -0.3 is 15.8 Å². The van der Waals surface area contributed by atoms with Crippen LogP contribution in [0.15, 0.2) is 6.20 Å². The molecule has 0 atom stereocenters. The summed E-state index contributed by atoms with van der Waals surface area (Å²) in [5.74, 6) is 0.662. The minimum absolute atomic E-state index is 0.250. The van der Waals surface area contributed by atoms with Crippen LogP contribution in [-0.2, 0) is 16.1 Å². The van der Waals surface area contributed by atoms with Crippen molar-refractivity contribution < 1.29 is 14.3 Å². The molecule has 1 fully saturated rings. The molecule has 1 aromatic heterocycles. The van der Waals surface area contributed by atoms with Crippen LogP contribution in [0, 0.1) is 0 Å². The molecule has 1 saturated carbocycles. The molecule has 1 aliphatic carbocycles. The zero-order valence-corrected chi connectivity index (χ0v) is 16.5. The second kappa shape index (κ2) is 10.1. The van der Waals surface area contributed by atoms with Crippen molar-refractivity contribution in [2.75, 3.05) is 30.5 Å². The molecule has 8 nitrogen and oxygen atoms in total. The first kappa shape index (κ1) is 21.0. The van der Waals surface area contributed by atoms with Crippen molar-refractivity contribution in [3.8, 4) is 0 Å². The third-order valence-electron chi connectivity index (χ3n) is 4.95. The van der Waals surface area contributed by atoms with Gasteiger partial charge in [0.05, 0.1) is 12.3 Å². The van der Waals surface area contributed by atoms with E-state index in [4.69, 9.17) is 9.53 Å². The number of pyridine rings is 1. The van der Waals surface area contributed by atoms with Crippen LogP contribution >= 0.6 is 0 Å². The number of hydrogen-bond acceptors (Lipinski definition) is 7. The maximum Gasteiger partial charge on any atom is 0.341 e. The van der Waals surface area contributed by atoms with Gasteiger partial charge in [-0.15, -0.1) is 0 Å². The van der Waals surface area contributed by atoms with Crippen LogP contribution in [0.5, 0.6) is 0 Å². The number of esters is 1. The van der Waals surface area contributed by atoms with E-state index in [1.54, 1.807) is 6.20 Å². The summed E-state index contributed by atoms with van der Waals surface area (Å²) in [5, 5.41) is 7.96. The fourth-order valence-electron chi connectivity index (χ4n) is 3.76. The van der Waals surface area contributed by atoms with Gasteiger partial charge in [0, 0.05) is 37.9 Å². The Kier molecular flexibility index (Phi) is 7.84. The van der Waals surface area contributed by atoms with Gasteiger partial charge in [0.25, 0.3) is 0 Å². The van der Waals surface area contributed by atoms with Gasteiger partial charge in [-0.1, -0.05) is 19.3 Å². The van der Waals surface area contributed by atoms with E-state index in [0.717, 1.165) is 43.0 Å². The highest BCUT2D eigenvalue weighted by Crippen LogP contribution is 2.37. The Morgan fingerprint density at radius 3 is 2.63 bits per heavy atom. The van der Waals surface area contributed by atoms with Crippen LogP contribution in [0.1, 0.15) is 61.9 Å². The van der Waals surface area contributed by atoms with Crippen molar-refractivity contribution in [1.82, 2.24) is 9.99 Å². The largest absolute Gasteiger partial charge is 0.462 e.